The summed E-state index contributed by atoms with van der Waals surface area (Å²) in [7, 11) is 0. The monoisotopic (exact) mass is 279 g/mol. The van der Waals surface area contributed by atoms with E-state index in [2.05, 4.69) is 26.9 Å². The van der Waals surface area contributed by atoms with Crippen molar-refractivity contribution in [2.75, 3.05) is 6.26 Å². The minimum Gasteiger partial charge on any atom is -0.329 e. The Kier molecular flexibility index (Phi) is 2.98. The van der Waals surface area contributed by atoms with E-state index in [0.717, 1.165) is 28.2 Å². The van der Waals surface area contributed by atoms with Gasteiger partial charge in [-0.1, -0.05) is 6.42 Å². The normalized spacial score (nSPS) is 17.9. The van der Waals surface area contributed by atoms with E-state index in [1.807, 2.05) is 24.8 Å². The van der Waals surface area contributed by atoms with Crippen LogP contribution in [0.2, 0.25) is 0 Å². The number of thioether (sulfide) groups is 1. The highest BCUT2D eigenvalue weighted by Gasteiger charge is 2.37. The van der Waals surface area contributed by atoms with Crippen molar-refractivity contribution in [1.29, 1.82) is 0 Å². The molecule has 2 aromatic rings. The molecule has 0 saturated heterocycles. The zero-order valence-electron chi connectivity index (χ0n) is 10.7. The fourth-order valence-electron chi connectivity index (χ4n) is 2.56. The van der Waals surface area contributed by atoms with Gasteiger partial charge < -0.3 is 9.55 Å². The van der Waals surface area contributed by atoms with Crippen molar-refractivity contribution in [3.8, 4) is 0 Å². The van der Waals surface area contributed by atoms with Gasteiger partial charge in [0.25, 0.3) is 0 Å². The molecule has 96 valence electrons. The van der Waals surface area contributed by atoms with Crippen LogP contribution in [0.4, 0.5) is 0 Å². The van der Waals surface area contributed by atoms with Gasteiger partial charge in [-0.05, 0) is 50.4 Å². The van der Waals surface area contributed by atoms with E-state index in [-0.39, 0.29) is 0 Å². The molecule has 1 aliphatic carbocycles. The average Bonchev–Trinajstić information content (AvgIpc) is 2.60. The molecule has 0 bridgehead atoms. The van der Waals surface area contributed by atoms with Gasteiger partial charge in [-0.3, -0.25) is 0 Å². The Labute approximate surface area is 116 Å². The molecule has 0 spiro atoms. The van der Waals surface area contributed by atoms with Crippen molar-refractivity contribution < 1.29 is 0 Å². The smallest absolute Gasteiger partial charge is 0.179 e. The van der Waals surface area contributed by atoms with E-state index >= 15 is 0 Å². The molecule has 0 aromatic carbocycles. The highest BCUT2D eigenvalue weighted by atomic mass is 32.2. The molecule has 0 amide bonds. The number of hydrogen-bond donors (Lipinski definition) is 1. The molecule has 5 heteroatoms. The first-order valence-electron chi connectivity index (χ1n) is 6.25. The predicted molar refractivity (Wildman–Crippen MR) is 79.8 cm³/mol. The second-order valence-electron chi connectivity index (χ2n) is 5.08. The van der Waals surface area contributed by atoms with E-state index < -0.39 is 0 Å². The van der Waals surface area contributed by atoms with Crippen LogP contribution >= 0.6 is 24.0 Å². The number of aromatic nitrogens is 3. The van der Waals surface area contributed by atoms with Crippen LogP contribution < -0.4 is 0 Å². The molecule has 2 aromatic heterocycles. The van der Waals surface area contributed by atoms with Gasteiger partial charge in [0.1, 0.15) is 0 Å². The highest BCUT2D eigenvalue weighted by molar-refractivity contribution is 8.00. The van der Waals surface area contributed by atoms with E-state index in [4.69, 9.17) is 12.2 Å². The van der Waals surface area contributed by atoms with Gasteiger partial charge in [-0.2, -0.15) is 11.8 Å². The number of fused-ring (bicyclic) bond motifs is 1. The molecule has 0 atom stereocenters. The summed E-state index contributed by atoms with van der Waals surface area (Å²) in [4.78, 5) is 7.88. The quantitative estimate of drug-likeness (QED) is 0.870. The number of pyridine rings is 1. The lowest BCUT2D eigenvalue weighted by Gasteiger charge is -2.40. The molecule has 0 radical (unpaired) electrons. The molecule has 3 rings (SSSR count). The molecule has 1 N–H and O–H groups in total. The standard InChI is InChI=1S/C13H17N3S2/c1-9-4-5-10-11(14-9)16(12(17)15-10)8-13(18-2)6-3-7-13/h4-5H,3,6-8H2,1-2H3,(H,15,17). The lowest BCUT2D eigenvalue weighted by molar-refractivity contribution is 0.323. The fourth-order valence-corrected chi connectivity index (χ4v) is 3.77. The number of nitrogens with one attached hydrogen (secondary N) is 1. The van der Waals surface area contributed by atoms with Gasteiger partial charge in [0.15, 0.2) is 10.4 Å². The Bertz CT molecular complexity index is 632. The number of aryl methyl sites for hydroxylation is 1. The van der Waals surface area contributed by atoms with Crippen LogP contribution in [-0.2, 0) is 6.54 Å². The first-order valence-corrected chi connectivity index (χ1v) is 7.88. The van der Waals surface area contributed by atoms with Crippen LogP contribution in [0.15, 0.2) is 12.1 Å². The fraction of sp³-hybridized carbons (Fsp3) is 0.538. The molecule has 1 aliphatic rings. The van der Waals surface area contributed by atoms with Gasteiger partial charge in [-0.25, -0.2) is 4.98 Å². The average molecular weight is 279 g/mol. The van der Waals surface area contributed by atoms with Crippen molar-refractivity contribution >= 4 is 35.1 Å². The molecule has 1 fully saturated rings. The third-order valence-electron chi connectivity index (χ3n) is 3.90. The summed E-state index contributed by atoms with van der Waals surface area (Å²) in [5, 5.41) is 0. The Morgan fingerprint density at radius 3 is 2.89 bits per heavy atom. The zero-order chi connectivity index (χ0) is 12.8. The van der Waals surface area contributed by atoms with Gasteiger partial charge >= 0.3 is 0 Å². The van der Waals surface area contributed by atoms with Crippen LogP contribution in [-0.4, -0.2) is 25.5 Å². The Balaban J connectivity index is 2.08. The third-order valence-corrected chi connectivity index (χ3v) is 5.63. The predicted octanol–water partition coefficient (Wildman–Crippen LogP) is 3.69. The Hall–Kier alpha value is -0.810. The maximum Gasteiger partial charge on any atom is 0.179 e. The van der Waals surface area contributed by atoms with Crippen molar-refractivity contribution in [3.05, 3.63) is 22.6 Å². The van der Waals surface area contributed by atoms with E-state index in [1.165, 1.54) is 19.3 Å². The van der Waals surface area contributed by atoms with Gasteiger partial charge in [0.05, 0.1) is 5.52 Å². The summed E-state index contributed by atoms with van der Waals surface area (Å²) in [5.41, 5.74) is 3.08. The second-order valence-corrected chi connectivity index (χ2v) is 6.74. The first kappa shape index (κ1) is 12.2. The SMILES string of the molecule is CSC1(Cn2c(=S)[nH]c3ccc(C)nc32)CCC1. The molecule has 3 nitrogen and oxygen atoms in total. The summed E-state index contributed by atoms with van der Waals surface area (Å²) in [6.45, 7) is 3.00. The topological polar surface area (TPSA) is 33.6 Å². The number of imidazole rings is 1. The third kappa shape index (κ3) is 1.89. The molecule has 1 saturated carbocycles. The van der Waals surface area contributed by atoms with E-state index in [9.17, 15) is 0 Å². The van der Waals surface area contributed by atoms with E-state index in [0.29, 0.717) is 4.75 Å². The van der Waals surface area contributed by atoms with Gasteiger partial charge in [0.2, 0.25) is 0 Å². The largest absolute Gasteiger partial charge is 0.329 e. The Morgan fingerprint density at radius 1 is 1.50 bits per heavy atom. The van der Waals surface area contributed by atoms with Crippen LogP contribution in [0, 0.1) is 11.7 Å². The molecular weight excluding hydrogens is 262 g/mol. The molecule has 18 heavy (non-hydrogen) atoms. The van der Waals surface area contributed by atoms with Crippen LogP contribution in [0.5, 0.6) is 0 Å². The summed E-state index contributed by atoms with van der Waals surface area (Å²) in [6, 6.07) is 4.09. The minimum absolute atomic E-state index is 0.374. The van der Waals surface area contributed by atoms with Crippen molar-refractivity contribution in [2.24, 2.45) is 0 Å². The summed E-state index contributed by atoms with van der Waals surface area (Å²) < 4.78 is 3.34. The molecule has 0 aliphatic heterocycles. The van der Waals surface area contributed by atoms with Crippen molar-refractivity contribution in [3.63, 3.8) is 0 Å². The zero-order valence-corrected chi connectivity index (χ0v) is 12.3. The van der Waals surface area contributed by atoms with Crippen LogP contribution in [0.25, 0.3) is 11.2 Å². The lowest BCUT2D eigenvalue weighted by Crippen LogP contribution is -2.37. The number of rotatable bonds is 3. The van der Waals surface area contributed by atoms with Crippen molar-refractivity contribution in [2.45, 2.75) is 37.5 Å². The maximum absolute atomic E-state index is 5.44. The van der Waals surface area contributed by atoms with Gasteiger partial charge in [-0.15, -0.1) is 0 Å². The van der Waals surface area contributed by atoms with Crippen LogP contribution in [0.1, 0.15) is 25.0 Å². The molecule has 0 unspecified atom stereocenters. The molecular formula is C13H17N3S2. The lowest BCUT2D eigenvalue weighted by atomic mass is 9.84. The summed E-state index contributed by atoms with van der Waals surface area (Å²) in [5.74, 6) is 0. The molecule has 2 heterocycles. The summed E-state index contributed by atoms with van der Waals surface area (Å²) in [6.07, 6.45) is 6.11. The second kappa shape index (κ2) is 4.38. The first-order chi connectivity index (χ1) is 8.63. The van der Waals surface area contributed by atoms with Gasteiger partial charge in [0, 0.05) is 17.0 Å². The highest BCUT2D eigenvalue weighted by Crippen LogP contribution is 2.44. The van der Waals surface area contributed by atoms with Crippen molar-refractivity contribution in [1.82, 2.24) is 14.5 Å². The number of hydrogen-bond acceptors (Lipinski definition) is 3. The Morgan fingerprint density at radius 2 is 2.28 bits per heavy atom. The van der Waals surface area contributed by atoms with Crippen LogP contribution in [0.3, 0.4) is 0 Å². The number of nitrogens with zero attached hydrogens (tertiary/aromatic N) is 2. The number of aromatic amines is 1. The minimum atomic E-state index is 0.374. The maximum atomic E-state index is 5.44. The summed E-state index contributed by atoms with van der Waals surface area (Å²) >= 11 is 7.41. The van der Waals surface area contributed by atoms with E-state index in [1.54, 1.807) is 0 Å². The number of H-pyrrole nitrogens is 1.